The van der Waals surface area contributed by atoms with E-state index in [2.05, 4.69) is 20.7 Å². The van der Waals surface area contributed by atoms with Crippen LogP contribution in [0, 0.1) is 5.41 Å². The van der Waals surface area contributed by atoms with Crippen molar-refractivity contribution in [3.63, 3.8) is 0 Å². The number of ether oxygens (including phenoxy) is 1. The fourth-order valence-corrected chi connectivity index (χ4v) is 5.56. The number of carbonyl (C=O) groups is 1. The number of halogens is 2. The molecular weight excluding hydrogens is 406 g/mol. The van der Waals surface area contributed by atoms with Gasteiger partial charge in [0.15, 0.2) is 0 Å². The largest absolute Gasteiger partial charge is 0.481 e. The maximum atomic E-state index is 12.2. The van der Waals surface area contributed by atoms with Crippen molar-refractivity contribution in [1.82, 2.24) is 4.72 Å². The Morgan fingerprint density at radius 3 is 2.62 bits per heavy atom. The summed E-state index contributed by atoms with van der Waals surface area (Å²) in [6.45, 7) is 0.454. The molecule has 0 spiro atoms. The number of carboxylic acid groups (broad SMARTS) is 1. The lowest BCUT2D eigenvalue weighted by molar-refractivity contribution is -0.154. The standard InChI is InChI=1S/C11H13BrClNO5S2/c12-9-7(13)5-8(20-9)21(17,18)14-6-11(10(15)16)1-3-19-4-2-11/h5,14H,1-4,6H2,(H,15,16). The van der Waals surface area contributed by atoms with Crippen LogP contribution in [-0.2, 0) is 19.6 Å². The van der Waals surface area contributed by atoms with Crippen LogP contribution in [0.5, 0.6) is 0 Å². The fourth-order valence-electron chi connectivity index (χ4n) is 1.99. The minimum atomic E-state index is -3.78. The van der Waals surface area contributed by atoms with Crippen molar-refractivity contribution in [2.75, 3.05) is 19.8 Å². The Morgan fingerprint density at radius 1 is 1.52 bits per heavy atom. The molecule has 2 rings (SSSR count). The van der Waals surface area contributed by atoms with Crippen LogP contribution in [0.2, 0.25) is 5.02 Å². The Hall–Kier alpha value is -0.190. The smallest absolute Gasteiger partial charge is 0.311 e. The molecule has 0 amide bonds. The number of sulfonamides is 1. The van der Waals surface area contributed by atoms with Crippen LogP contribution in [0.1, 0.15) is 12.8 Å². The number of hydrogen-bond donors (Lipinski definition) is 2. The highest BCUT2D eigenvalue weighted by Crippen LogP contribution is 2.35. The van der Waals surface area contributed by atoms with E-state index in [0.29, 0.717) is 22.0 Å². The SMILES string of the molecule is O=C(O)C1(CNS(=O)(=O)c2cc(Cl)c(Br)s2)CCOCC1. The third-order valence-corrected chi connectivity index (χ3v) is 7.74. The average Bonchev–Trinajstić information content (AvgIpc) is 2.78. The van der Waals surface area contributed by atoms with Gasteiger partial charge in [0.2, 0.25) is 10.0 Å². The van der Waals surface area contributed by atoms with Crippen molar-refractivity contribution in [1.29, 1.82) is 0 Å². The van der Waals surface area contributed by atoms with Crippen LogP contribution in [0.25, 0.3) is 0 Å². The van der Waals surface area contributed by atoms with E-state index >= 15 is 0 Å². The van der Waals surface area contributed by atoms with Gasteiger partial charge in [0.25, 0.3) is 0 Å². The molecule has 1 aliphatic heterocycles. The van der Waals surface area contributed by atoms with E-state index in [9.17, 15) is 18.3 Å². The van der Waals surface area contributed by atoms with Gasteiger partial charge in [-0.1, -0.05) is 11.6 Å². The highest BCUT2D eigenvalue weighted by Gasteiger charge is 2.41. The Bertz CT molecular complexity index is 620. The molecular formula is C11H13BrClNO5S2. The molecule has 0 saturated carbocycles. The zero-order chi connectivity index (χ0) is 15.7. The maximum Gasteiger partial charge on any atom is 0.311 e. The zero-order valence-electron chi connectivity index (χ0n) is 10.8. The van der Waals surface area contributed by atoms with Gasteiger partial charge >= 0.3 is 5.97 Å². The van der Waals surface area contributed by atoms with E-state index in [1.165, 1.54) is 6.07 Å². The number of rotatable bonds is 5. The first-order chi connectivity index (χ1) is 9.77. The minimum absolute atomic E-state index is 0.0481. The quantitative estimate of drug-likeness (QED) is 0.765. The van der Waals surface area contributed by atoms with Crippen LogP contribution in [0.3, 0.4) is 0 Å². The monoisotopic (exact) mass is 417 g/mol. The van der Waals surface area contributed by atoms with Gasteiger partial charge in [-0.2, -0.15) is 0 Å². The molecule has 1 fully saturated rings. The predicted octanol–water partition coefficient (Wildman–Crippen LogP) is 2.32. The summed E-state index contributed by atoms with van der Waals surface area (Å²) in [5.41, 5.74) is -1.12. The third kappa shape index (κ3) is 3.77. The summed E-state index contributed by atoms with van der Waals surface area (Å²) in [7, 11) is -3.78. The molecule has 1 aliphatic rings. The van der Waals surface area contributed by atoms with Crippen LogP contribution < -0.4 is 4.72 Å². The van der Waals surface area contributed by atoms with Crippen molar-refractivity contribution in [2.24, 2.45) is 5.41 Å². The van der Waals surface area contributed by atoms with Gasteiger partial charge in [-0.25, -0.2) is 13.1 Å². The lowest BCUT2D eigenvalue weighted by Gasteiger charge is -2.32. The highest BCUT2D eigenvalue weighted by atomic mass is 79.9. The lowest BCUT2D eigenvalue weighted by Crippen LogP contribution is -2.46. The Morgan fingerprint density at radius 2 is 2.14 bits per heavy atom. The van der Waals surface area contributed by atoms with E-state index in [1.807, 2.05) is 0 Å². The van der Waals surface area contributed by atoms with Crippen LogP contribution in [0.15, 0.2) is 14.1 Å². The van der Waals surface area contributed by atoms with Gasteiger partial charge in [0.1, 0.15) is 4.21 Å². The molecule has 6 nitrogen and oxygen atoms in total. The summed E-state index contributed by atoms with van der Waals surface area (Å²) >= 11 is 9.95. The molecule has 0 aromatic carbocycles. The summed E-state index contributed by atoms with van der Waals surface area (Å²) in [5.74, 6) is -1.01. The first kappa shape index (κ1) is 17.2. The summed E-state index contributed by atoms with van der Waals surface area (Å²) in [6.07, 6.45) is 0.555. The van der Waals surface area contributed by atoms with E-state index in [0.717, 1.165) is 11.3 Å². The average molecular weight is 419 g/mol. The molecule has 1 aromatic heterocycles. The van der Waals surface area contributed by atoms with Crippen molar-refractivity contribution in [3.05, 3.63) is 14.9 Å². The van der Waals surface area contributed by atoms with Crippen LogP contribution >= 0.6 is 38.9 Å². The second-order valence-electron chi connectivity index (χ2n) is 4.71. The Balaban J connectivity index is 2.15. The maximum absolute atomic E-state index is 12.2. The number of nitrogens with one attached hydrogen (secondary N) is 1. The first-order valence-corrected chi connectivity index (χ1v) is 9.50. The van der Waals surface area contributed by atoms with E-state index in [1.54, 1.807) is 0 Å². The summed E-state index contributed by atoms with van der Waals surface area (Å²) < 4.78 is 32.5. The second kappa shape index (κ2) is 6.51. The first-order valence-electron chi connectivity index (χ1n) is 6.02. The van der Waals surface area contributed by atoms with Crippen molar-refractivity contribution < 1.29 is 23.1 Å². The summed E-state index contributed by atoms with van der Waals surface area (Å²) in [6, 6.07) is 1.33. The molecule has 2 heterocycles. The van der Waals surface area contributed by atoms with Crippen molar-refractivity contribution >= 4 is 54.9 Å². The molecule has 10 heteroatoms. The molecule has 0 unspecified atom stereocenters. The van der Waals surface area contributed by atoms with Gasteiger partial charge in [0, 0.05) is 19.8 Å². The molecule has 0 radical (unpaired) electrons. The van der Waals surface area contributed by atoms with Gasteiger partial charge in [-0.05, 0) is 34.8 Å². The number of thiophene rings is 1. The van der Waals surface area contributed by atoms with Crippen molar-refractivity contribution in [3.8, 4) is 0 Å². The van der Waals surface area contributed by atoms with E-state index < -0.39 is 21.4 Å². The number of aliphatic carboxylic acids is 1. The Kier molecular flexibility index (Phi) is 5.32. The molecule has 2 N–H and O–H groups in total. The molecule has 0 atom stereocenters. The lowest BCUT2D eigenvalue weighted by atomic mass is 9.80. The molecule has 1 saturated heterocycles. The summed E-state index contributed by atoms with van der Waals surface area (Å²) in [5, 5.41) is 9.69. The summed E-state index contributed by atoms with van der Waals surface area (Å²) in [4.78, 5) is 11.5. The highest BCUT2D eigenvalue weighted by molar-refractivity contribution is 9.11. The van der Waals surface area contributed by atoms with Gasteiger partial charge in [0.05, 0.1) is 14.2 Å². The fraction of sp³-hybridized carbons (Fsp3) is 0.545. The van der Waals surface area contributed by atoms with E-state index in [4.69, 9.17) is 16.3 Å². The van der Waals surface area contributed by atoms with Gasteiger partial charge < -0.3 is 9.84 Å². The van der Waals surface area contributed by atoms with Crippen LogP contribution in [-0.4, -0.2) is 39.3 Å². The second-order valence-corrected chi connectivity index (χ2v) is 9.48. The van der Waals surface area contributed by atoms with Gasteiger partial charge in [-0.3, -0.25) is 4.79 Å². The molecule has 0 bridgehead atoms. The molecule has 0 aliphatic carbocycles. The van der Waals surface area contributed by atoms with E-state index in [-0.39, 0.29) is 23.6 Å². The van der Waals surface area contributed by atoms with Gasteiger partial charge in [-0.15, -0.1) is 11.3 Å². The normalized spacial score (nSPS) is 18.6. The van der Waals surface area contributed by atoms with Crippen LogP contribution in [0.4, 0.5) is 0 Å². The zero-order valence-corrected chi connectivity index (χ0v) is 14.7. The Labute approximate surface area is 139 Å². The molecule has 21 heavy (non-hydrogen) atoms. The van der Waals surface area contributed by atoms with Crippen molar-refractivity contribution in [2.45, 2.75) is 17.1 Å². The molecule has 1 aromatic rings. The minimum Gasteiger partial charge on any atom is -0.481 e. The third-order valence-electron chi connectivity index (χ3n) is 3.39. The number of carboxylic acids is 1. The molecule has 118 valence electrons. The number of hydrogen-bond acceptors (Lipinski definition) is 5. The predicted molar refractivity (Wildman–Crippen MR) is 82.3 cm³/mol. The topological polar surface area (TPSA) is 92.7 Å².